The lowest BCUT2D eigenvalue weighted by molar-refractivity contribution is -0.0228. The van der Waals surface area contributed by atoms with E-state index in [1.165, 1.54) is 12.1 Å². The van der Waals surface area contributed by atoms with Gasteiger partial charge in [0.05, 0.1) is 31.6 Å². The van der Waals surface area contributed by atoms with Crippen molar-refractivity contribution in [1.82, 2.24) is 24.4 Å². The van der Waals surface area contributed by atoms with Crippen LogP contribution in [0.2, 0.25) is 0 Å². The van der Waals surface area contributed by atoms with E-state index in [2.05, 4.69) is 15.0 Å². The van der Waals surface area contributed by atoms with E-state index in [9.17, 15) is 9.18 Å². The SMILES string of the molecule is O=C(c1cnc2c(c1)ncn2Cc1cccnc1)N1CCOC(c2ccc(F)cc2)C1. The van der Waals surface area contributed by atoms with Gasteiger partial charge in [0.15, 0.2) is 5.65 Å². The number of rotatable bonds is 4. The highest BCUT2D eigenvalue weighted by Gasteiger charge is 2.26. The van der Waals surface area contributed by atoms with Crippen LogP contribution >= 0.6 is 0 Å². The van der Waals surface area contributed by atoms with Crippen LogP contribution in [-0.4, -0.2) is 50.0 Å². The zero-order chi connectivity index (χ0) is 21.2. The summed E-state index contributed by atoms with van der Waals surface area (Å²) in [5.41, 5.74) is 3.76. The highest BCUT2D eigenvalue weighted by Crippen LogP contribution is 2.24. The standard InChI is InChI=1S/C23H20FN5O2/c24-19-5-3-17(4-6-19)21-14-28(8-9-31-21)23(30)18-10-20-22(26-12-18)29(15-27-20)13-16-2-1-7-25-11-16/h1-7,10-12,15,21H,8-9,13-14H2. The summed E-state index contributed by atoms with van der Waals surface area (Å²) in [6.45, 7) is 1.92. The molecule has 0 radical (unpaired) electrons. The van der Waals surface area contributed by atoms with Crippen molar-refractivity contribution in [1.29, 1.82) is 0 Å². The molecule has 31 heavy (non-hydrogen) atoms. The van der Waals surface area contributed by atoms with Gasteiger partial charge in [-0.05, 0) is 35.4 Å². The molecule has 0 saturated carbocycles. The van der Waals surface area contributed by atoms with E-state index in [-0.39, 0.29) is 17.8 Å². The Labute approximate surface area is 178 Å². The second kappa shape index (κ2) is 8.23. The molecule has 1 atom stereocenters. The van der Waals surface area contributed by atoms with E-state index in [1.807, 2.05) is 16.7 Å². The summed E-state index contributed by atoms with van der Waals surface area (Å²) in [7, 11) is 0. The Morgan fingerprint density at radius 1 is 1.16 bits per heavy atom. The van der Waals surface area contributed by atoms with Crippen molar-refractivity contribution >= 4 is 17.1 Å². The fourth-order valence-corrected chi connectivity index (χ4v) is 3.77. The van der Waals surface area contributed by atoms with Gasteiger partial charge >= 0.3 is 0 Å². The number of aromatic nitrogens is 4. The molecule has 4 heterocycles. The largest absolute Gasteiger partial charge is 0.370 e. The normalized spacial score (nSPS) is 16.5. The van der Waals surface area contributed by atoms with Gasteiger partial charge in [-0.3, -0.25) is 9.78 Å². The van der Waals surface area contributed by atoms with Crippen LogP contribution in [0.1, 0.15) is 27.6 Å². The lowest BCUT2D eigenvalue weighted by Gasteiger charge is -2.33. The number of carbonyl (C=O) groups excluding carboxylic acids is 1. The zero-order valence-electron chi connectivity index (χ0n) is 16.7. The first-order chi connectivity index (χ1) is 15.2. The summed E-state index contributed by atoms with van der Waals surface area (Å²) in [5.74, 6) is -0.415. The van der Waals surface area contributed by atoms with Gasteiger partial charge in [-0.1, -0.05) is 18.2 Å². The zero-order valence-corrected chi connectivity index (χ0v) is 16.7. The number of ether oxygens (including phenoxy) is 1. The van der Waals surface area contributed by atoms with Gasteiger partial charge in [0, 0.05) is 25.1 Å². The number of halogens is 1. The van der Waals surface area contributed by atoms with Crippen LogP contribution < -0.4 is 0 Å². The Morgan fingerprint density at radius 3 is 2.84 bits per heavy atom. The summed E-state index contributed by atoms with van der Waals surface area (Å²) < 4.78 is 20.9. The predicted molar refractivity (Wildman–Crippen MR) is 112 cm³/mol. The summed E-state index contributed by atoms with van der Waals surface area (Å²) >= 11 is 0. The van der Waals surface area contributed by atoms with Crippen LogP contribution in [-0.2, 0) is 11.3 Å². The number of fused-ring (bicyclic) bond motifs is 1. The summed E-state index contributed by atoms with van der Waals surface area (Å²) in [6.07, 6.45) is 6.57. The first kappa shape index (κ1) is 19.3. The van der Waals surface area contributed by atoms with E-state index >= 15 is 0 Å². The van der Waals surface area contributed by atoms with E-state index in [0.717, 1.165) is 11.1 Å². The van der Waals surface area contributed by atoms with Gasteiger partial charge in [-0.25, -0.2) is 14.4 Å². The van der Waals surface area contributed by atoms with Gasteiger partial charge in [-0.2, -0.15) is 0 Å². The lowest BCUT2D eigenvalue weighted by atomic mass is 10.1. The first-order valence-corrected chi connectivity index (χ1v) is 10.0. The Morgan fingerprint density at radius 2 is 2.03 bits per heavy atom. The predicted octanol–water partition coefficient (Wildman–Crippen LogP) is 3.23. The molecule has 0 bridgehead atoms. The van der Waals surface area contributed by atoms with Gasteiger partial charge in [0.2, 0.25) is 0 Å². The molecule has 1 aliphatic heterocycles. The van der Waals surface area contributed by atoms with Crippen LogP contribution in [0.15, 0.2) is 67.4 Å². The van der Waals surface area contributed by atoms with Crippen molar-refractivity contribution in [3.8, 4) is 0 Å². The number of hydrogen-bond donors (Lipinski definition) is 0. The monoisotopic (exact) mass is 417 g/mol. The number of carbonyl (C=O) groups is 1. The van der Waals surface area contributed by atoms with Gasteiger partial charge in [0.1, 0.15) is 17.4 Å². The third kappa shape index (κ3) is 4.02. The number of hydrogen-bond acceptors (Lipinski definition) is 5. The molecular formula is C23H20FN5O2. The number of amides is 1. The van der Waals surface area contributed by atoms with Crippen LogP contribution in [0.4, 0.5) is 4.39 Å². The topological polar surface area (TPSA) is 73.1 Å². The molecule has 0 aliphatic carbocycles. The third-order valence-electron chi connectivity index (χ3n) is 5.37. The minimum Gasteiger partial charge on any atom is -0.370 e. The molecule has 1 saturated heterocycles. The molecule has 1 fully saturated rings. The van der Waals surface area contributed by atoms with E-state index in [0.29, 0.717) is 43.0 Å². The Balaban J connectivity index is 1.34. The second-order valence-electron chi connectivity index (χ2n) is 7.46. The number of pyridine rings is 2. The highest BCUT2D eigenvalue weighted by atomic mass is 19.1. The maximum absolute atomic E-state index is 13.2. The van der Waals surface area contributed by atoms with E-state index in [1.54, 1.807) is 48.0 Å². The summed E-state index contributed by atoms with van der Waals surface area (Å²) in [5, 5.41) is 0. The molecule has 1 unspecified atom stereocenters. The Kier molecular flexibility index (Phi) is 5.13. The van der Waals surface area contributed by atoms with E-state index < -0.39 is 0 Å². The molecule has 4 aromatic rings. The third-order valence-corrected chi connectivity index (χ3v) is 5.37. The molecule has 1 aliphatic rings. The summed E-state index contributed by atoms with van der Waals surface area (Å²) in [6, 6.07) is 11.8. The van der Waals surface area contributed by atoms with Crippen molar-refractivity contribution in [3.05, 3.63) is 89.9 Å². The van der Waals surface area contributed by atoms with Crippen LogP contribution in [0, 0.1) is 5.82 Å². The maximum Gasteiger partial charge on any atom is 0.255 e. The smallest absolute Gasteiger partial charge is 0.255 e. The lowest BCUT2D eigenvalue weighted by Crippen LogP contribution is -2.42. The molecule has 0 spiro atoms. The van der Waals surface area contributed by atoms with Crippen molar-refractivity contribution in [2.45, 2.75) is 12.6 Å². The molecule has 0 N–H and O–H groups in total. The first-order valence-electron chi connectivity index (χ1n) is 10.0. The molecular weight excluding hydrogens is 397 g/mol. The van der Waals surface area contributed by atoms with Crippen LogP contribution in [0.25, 0.3) is 11.2 Å². The van der Waals surface area contributed by atoms with Gasteiger partial charge in [-0.15, -0.1) is 0 Å². The number of imidazole rings is 1. The fraction of sp³-hybridized carbons (Fsp3) is 0.217. The van der Waals surface area contributed by atoms with Crippen molar-refractivity contribution in [2.24, 2.45) is 0 Å². The molecule has 156 valence electrons. The minimum atomic E-state index is -0.296. The van der Waals surface area contributed by atoms with Crippen molar-refractivity contribution in [2.75, 3.05) is 19.7 Å². The molecule has 8 heteroatoms. The van der Waals surface area contributed by atoms with Gasteiger partial charge in [0.25, 0.3) is 5.91 Å². The number of nitrogens with zero attached hydrogens (tertiary/aromatic N) is 5. The minimum absolute atomic E-state index is 0.119. The summed E-state index contributed by atoms with van der Waals surface area (Å²) in [4.78, 5) is 27.9. The average Bonchev–Trinajstić information content (AvgIpc) is 3.22. The molecule has 5 rings (SSSR count). The average molecular weight is 417 g/mol. The highest BCUT2D eigenvalue weighted by molar-refractivity contribution is 5.96. The van der Waals surface area contributed by atoms with Crippen molar-refractivity contribution in [3.63, 3.8) is 0 Å². The molecule has 1 amide bonds. The molecule has 1 aromatic carbocycles. The maximum atomic E-state index is 13.2. The van der Waals surface area contributed by atoms with Crippen LogP contribution in [0.3, 0.4) is 0 Å². The van der Waals surface area contributed by atoms with Crippen LogP contribution in [0.5, 0.6) is 0 Å². The molecule has 7 nitrogen and oxygen atoms in total. The Bertz CT molecular complexity index is 1210. The van der Waals surface area contributed by atoms with Gasteiger partial charge < -0.3 is 14.2 Å². The fourth-order valence-electron chi connectivity index (χ4n) is 3.77. The number of morpholine rings is 1. The quantitative estimate of drug-likeness (QED) is 0.510. The Hall–Kier alpha value is -3.65. The van der Waals surface area contributed by atoms with E-state index in [4.69, 9.17) is 4.74 Å². The number of benzene rings is 1. The second-order valence-corrected chi connectivity index (χ2v) is 7.46. The molecule has 3 aromatic heterocycles. The van der Waals surface area contributed by atoms with Crippen molar-refractivity contribution < 1.29 is 13.9 Å².